The van der Waals surface area contributed by atoms with E-state index in [1.807, 2.05) is 6.07 Å². The van der Waals surface area contributed by atoms with Crippen LogP contribution in [0.1, 0.15) is 5.56 Å². The lowest BCUT2D eigenvalue weighted by atomic mass is 10.2. The van der Waals surface area contributed by atoms with Gasteiger partial charge in [0, 0.05) is 0 Å². The number of rotatable bonds is 2. The number of nitrogens with zero attached hydrogens (tertiary/aromatic N) is 2. The largest absolute Gasteiger partial charge is 0.466 e. The Morgan fingerprint density at radius 3 is 1.94 bits per heavy atom. The molecule has 9 heteroatoms. The summed E-state index contributed by atoms with van der Waals surface area (Å²) in [6.45, 7) is 0. The van der Waals surface area contributed by atoms with Gasteiger partial charge in [0.1, 0.15) is 0 Å². The maximum Gasteiger partial charge on any atom is 0.466 e. The average molecular weight is 256 g/mol. The highest BCUT2D eigenvalue weighted by Crippen LogP contribution is 2.25. The van der Waals surface area contributed by atoms with E-state index in [9.17, 15) is 0 Å². The van der Waals surface area contributed by atoms with Crippen molar-refractivity contribution >= 4 is 13.5 Å². The summed E-state index contributed by atoms with van der Waals surface area (Å²) >= 11 is 0. The molecule has 0 heterocycles. The molecule has 0 atom stereocenters. The van der Waals surface area contributed by atoms with E-state index in [1.165, 1.54) is 0 Å². The van der Waals surface area contributed by atoms with E-state index < -0.39 is 7.82 Å². The highest BCUT2D eigenvalue weighted by Gasteiger charge is 2.00. The van der Waals surface area contributed by atoms with Crippen LogP contribution in [0.2, 0.25) is 0 Å². The Labute approximate surface area is 97.0 Å². The van der Waals surface area contributed by atoms with Crippen LogP contribution in [0.5, 0.6) is 0 Å². The van der Waals surface area contributed by atoms with Gasteiger partial charge in [-0.1, -0.05) is 0 Å². The molecule has 5 N–H and O–H groups in total. The maximum atomic E-state index is 8.88. The summed E-state index contributed by atoms with van der Waals surface area (Å²) in [6, 6.07) is 8.76. The number of nitrogens with one attached hydrogen (secondary N) is 2. The van der Waals surface area contributed by atoms with E-state index in [0.29, 0.717) is 5.56 Å². The second kappa shape index (κ2) is 7.23. The third-order valence-electron chi connectivity index (χ3n) is 1.28. The summed E-state index contributed by atoms with van der Waals surface area (Å²) in [6.07, 6.45) is 1.72. The third-order valence-corrected chi connectivity index (χ3v) is 1.28. The molecule has 0 bridgehead atoms. The van der Waals surface area contributed by atoms with E-state index in [2.05, 4.69) is 10.9 Å². The van der Waals surface area contributed by atoms with Crippen LogP contribution in [0, 0.1) is 22.8 Å². The number of hydrogen-bond donors (Lipinski definition) is 5. The van der Waals surface area contributed by atoms with Gasteiger partial charge < -0.3 is 14.7 Å². The number of anilines is 1. The molecule has 8 nitrogen and oxygen atoms in total. The molecular weight excluding hydrogens is 247 g/mol. The molecule has 0 saturated carbocycles. The molecule has 1 aromatic rings. The van der Waals surface area contributed by atoms with Gasteiger partial charge >= 0.3 is 7.82 Å². The zero-order valence-corrected chi connectivity index (χ0v) is 9.30. The van der Waals surface area contributed by atoms with Crippen LogP contribution >= 0.6 is 7.82 Å². The monoisotopic (exact) mass is 256 g/mol. The number of nitriles is 2. The molecule has 17 heavy (non-hydrogen) atoms. The Morgan fingerprint density at radius 1 is 1.12 bits per heavy atom. The van der Waals surface area contributed by atoms with Crippen molar-refractivity contribution in [2.24, 2.45) is 0 Å². The summed E-state index contributed by atoms with van der Waals surface area (Å²) in [7, 11) is -4.64. The molecule has 1 aromatic carbocycles. The van der Waals surface area contributed by atoms with Crippen LogP contribution < -0.4 is 10.9 Å². The van der Waals surface area contributed by atoms with Crippen LogP contribution in [0.25, 0.3) is 0 Å². The van der Waals surface area contributed by atoms with Crippen molar-refractivity contribution in [1.82, 2.24) is 5.43 Å². The summed E-state index contributed by atoms with van der Waals surface area (Å²) < 4.78 is 8.88. The Morgan fingerprint density at radius 2 is 1.59 bits per heavy atom. The van der Waals surface area contributed by atoms with Crippen molar-refractivity contribution in [2.75, 3.05) is 5.43 Å². The highest BCUT2D eigenvalue weighted by atomic mass is 31.2. The van der Waals surface area contributed by atoms with E-state index >= 15 is 0 Å². The summed E-state index contributed by atoms with van der Waals surface area (Å²) in [4.78, 5) is 21.6. The van der Waals surface area contributed by atoms with Gasteiger partial charge in [-0.3, -0.25) is 5.43 Å². The SMILES string of the molecule is N#CNNc1ccc(C#N)cc1.O=P(O)(O)O. The van der Waals surface area contributed by atoms with Gasteiger partial charge in [0.2, 0.25) is 0 Å². The summed E-state index contributed by atoms with van der Waals surface area (Å²) in [5, 5.41) is 16.6. The van der Waals surface area contributed by atoms with Crippen molar-refractivity contribution in [2.45, 2.75) is 0 Å². The number of phosphoric acid groups is 1. The molecule has 0 aromatic heterocycles. The predicted molar refractivity (Wildman–Crippen MR) is 57.8 cm³/mol. The Kier molecular flexibility index (Phi) is 6.34. The molecule has 0 aliphatic carbocycles. The third kappa shape index (κ3) is 10.2. The standard InChI is InChI=1S/C8H6N4.H3O4P/c9-5-7-1-3-8(4-2-7)12-11-6-10;1-5(2,3)4/h1-4,11-12H;(H3,1,2,3,4). The fraction of sp³-hybridized carbons (Fsp3) is 0. The van der Waals surface area contributed by atoms with Gasteiger partial charge in [-0.15, -0.1) is 0 Å². The fourth-order valence-electron chi connectivity index (χ4n) is 0.728. The fourth-order valence-corrected chi connectivity index (χ4v) is 0.728. The lowest BCUT2D eigenvalue weighted by molar-refractivity contribution is 0.275. The molecular formula is C8H9N4O4P. The molecule has 0 spiro atoms. The zero-order chi connectivity index (χ0) is 13.3. The quantitative estimate of drug-likeness (QED) is 0.215. The predicted octanol–water partition coefficient (Wildman–Crippen LogP) is 0.0273. The molecule has 0 unspecified atom stereocenters. The average Bonchev–Trinajstić information content (AvgIpc) is 2.25. The van der Waals surface area contributed by atoms with Crippen LogP contribution in [-0.2, 0) is 4.57 Å². The zero-order valence-electron chi connectivity index (χ0n) is 8.40. The van der Waals surface area contributed by atoms with Gasteiger partial charge in [0.15, 0.2) is 6.19 Å². The Bertz CT molecular complexity index is 462. The molecule has 0 saturated heterocycles. The van der Waals surface area contributed by atoms with Gasteiger partial charge in [-0.05, 0) is 24.3 Å². The smallest absolute Gasteiger partial charge is 0.303 e. The second-order valence-electron chi connectivity index (χ2n) is 2.56. The minimum absolute atomic E-state index is 0.595. The molecule has 0 aliphatic rings. The first-order valence-corrected chi connectivity index (χ1v) is 5.62. The van der Waals surface area contributed by atoms with Gasteiger partial charge in [0.05, 0.1) is 17.3 Å². The molecule has 90 valence electrons. The van der Waals surface area contributed by atoms with Gasteiger partial charge in [-0.2, -0.15) is 10.5 Å². The van der Waals surface area contributed by atoms with Crippen LogP contribution in [-0.4, -0.2) is 14.7 Å². The highest BCUT2D eigenvalue weighted by molar-refractivity contribution is 7.45. The molecule has 0 radical (unpaired) electrons. The van der Waals surface area contributed by atoms with Crippen LogP contribution in [0.4, 0.5) is 5.69 Å². The lowest BCUT2D eigenvalue weighted by Gasteiger charge is -2.00. The van der Waals surface area contributed by atoms with Crippen LogP contribution in [0.15, 0.2) is 24.3 Å². The molecule has 1 rings (SSSR count). The minimum atomic E-state index is -4.64. The van der Waals surface area contributed by atoms with Crippen molar-refractivity contribution in [1.29, 1.82) is 10.5 Å². The maximum absolute atomic E-state index is 8.88. The first-order valence-electron chi connectivity index (χ1n) is 4.05. The van der Waals surface area contributed by atoms with Crippen LogP contribution in [0.3, 0.4) is 0 Å². The normalized spacial score (nSPS) is 9.00. The molecule has 0 fully saturated rings. The first-order chi connectivity index (χ1) is 7.86. The Hall–Kier alpha value is -2.09. The summed E-state index contributed by atoms with van der Waals surface area (Å²) in [5.41, 5.74) is 6.24. The van der Waals surface area contributed by atoms with Crippen molar-refractivity contribution in [3.8, 4) is 12.3 Å². The van der Waals surface area contributed by atoms with Crippen molar-refractivity contribution in [3.05, 3.63) is 29.8 Å². The number of hydrogen-bond acceptors (Lipinski definition) is 5. The van der Waals surface area contributed by atoms with Gasteiger partial charge in [-0.25, -0.2) is 9.99 Å². The Balaban J connectivity index is 0.000000437. The topological polar surface area (TPSA) is 149 Å². The van der Waals surface area contributed by atoms with Gasteiger partial charge in [0.25, 0.3) is 0 Å². The summed E-state index contributed by atoms with van der Waals surface area (Å²) in [5.74, 6) is 0. The first kappa shape index (κ1) is 14.9. The molecule has 0 aliphatic heterocycles. The number of hydrazine groups is 1. The van der Waals surface area contributed by atoms with E-state index in [-0.39, 0.29) is 0 Å². The van der Waals surface area contributed by atoms with Crippen molar-refractivity contribution in [3.63, 3.8) is 0 Å². The lowest BCUT2D eigenvalue weighted by Crippen LogP contribution is -2.13. The van der Waals surface area contributed by atoms with E-state index in [4.69, 9.17) is 29.8 Å². The second-order valence-corrected chi connectivity index (χ2v) is 3.59. The van der Waals surface area contributed by atoms with E-state index in [1.54, 1.807) is 30.5 Å². The minimum Gasteiger partial charge on any atom is -0.303 e. The van der Waals surface area contributed by atoms with Crippen molar-refractivity contribution < 1.29 is 19.2 Å². The number of benzene rings is 1. The molecule has 0 amide bonds. The van der Waals surface area contributed by atoms with E-state index in [0.717, 1.165) is 5.69 Å².